The highest BCUT2D eigenvalue weighted by Crippen LogP contribution is 2.11. The van der Waals surface area contributed by atoms with Crippen LogP contribution >= 0.6 is 0 Å². The number of para-hydroxylation sites is 1. The molecule has 0 aliphatic carbocycles. The van der Waals surface area contributed by atoms with Crippen LogP contribution < -0.4 is 10.7 Å². The summed E-state index contributed by atoms with van der Waals surface area (Å²) in [7, 11) is 0. The second-order valence-electron chi connectivity index (χ2n) is 4.21. The molecule has 5 heteroatoms. The predicted molar refractivity (Wildman–Crippen MR) is 74.1 cm³/mol. The van der Waals surface area contributed by atoms with E-state index < -0.39 is 0 Å². The Labute approximate surface area is 111 Å². The van der Waals surface area contributed by atoms with Crippen LogP contribution in [0.2, 0.25) is 0 Å². The van der Waals surface area contributed by atoms with Gasteiger partial charge in [0.1, 0.15) is 0 Å². The third-order valence-corrected chi connectivity index (χ3v) is 2.84. The Hall–Kier alpha value is -2.56. The lowest BCUT2D eigenvalue weighted by molar-refractivity contribution is 0.112. The van der Waals surface area contributed by atoms with Gasteiger partial charge in [0.25, 0.3) is 0 Å². The Morgan fingerprint density at radius 2 is 1.89 bits per heavy atom. The average Bonchev–Trinajstić information content (AvgIpc) is 2.67. The first kappa shape index (κ1) is 12.9. The molecule has 98 valence electrons. The first-order valence-corrected chi connectivity index (χ1v) is 5.89. The minimum Gasteiger partial charge on any atom is -0.307 e. The lowest BCUT2D eigenvalue weighted by atomic mass is 10.3. The highest BCUT2D eigenvalue weighted by molar-refractivity contribution is 5.95. The summed E-state index contributed by atoms with van der Waals surface area (Å²) in [5.74, 6) is 0. The van der Waals surface area contributed by atoms with E-state index in [1.165, 1.54) is 0 Å². The summed E-state index contributed by atoms with van der Waals surface area (Å²) >= 11 is 0. The van der Waals surface area contributed by atoms with Crippen LogP contribution in [0.1, 0.15) is 21.7 Å². The number of anilines is 1. The number of benzene rings is 1. The number of carbonyl (C=O) groups excluding carboxylic acids is 2. The molecule has 0 spiro atoms. The van der Waals surface area contributed by atoms with Crippen molar-refractivity contribution in [2.24, 2.45) is 0 Å². The normalized spacial score (nSPS) is 10.0. The SMILES string of the molecule is Cc1cc(C=O)c(C)n1NC(=O)Nc1ccccc1. The van der Waals surface area contributed by atoms with Crippen molar-refractivity contribution in [2.75, 3.05) is 10.7 Å². The number of hydrogen-bond acceptors (Lipinski definition) is 2. The second kappa shape index (κ2) is 5.39. The number of aldehydes is 1. The molecule has 0 unspecified atom stereocenters. The number of hydrogen-bond donors (Lipinski definition) is 2. The van der Waals surface area contributed by atoms with Crippen LogP contribution in [0.15, 0.2) is 36.4 Å². The van der Waals surface area contributed by atoms with Crippen LogP contribution in [0, 0.1) is 13.8 Å². The van der Waals surface area contributed by atoms with Gasteiger partial charge in [-0.3, -0.25) is 9.47 Å². The van der Waals surface area contributed by atoms with Crippen molar-refractivity contribution in [2.45, 2.75) is 13.8 Å². The molecule has 1 aromatic carbocycles. The van der Waals surface area contributed by atoms with Crippen molar-refractivity contribution >= 4 is 18.0 Å². The van der Waals surface area contributed by atoms with E-state index in [1.807, 2.05) is 25.1 Å². The number of nitrogens with one attached hydrogen (secondary N) is 2. The Morgan fingerprint density at radius 3 is 2.47 bits per heavy atom. The summed E-state index contributed by atoms with van der Waals surface area (Å²) in [5, 5.41) is 2.71. The van der Waals surface area contributed by atoms with Gasteiger partial charge in [0.15, 0.2) is 6.29 Å². The molecule has 0 bridgehead atoms. The van der Waals surface area contributed by atoms with E-state index in [4.69, 9.17) is 0 Å². The number of aromatic nitrogens is 1. The lowest BCUT2D eigenvalue weighted by Gasteiger charge is -2.12. The number of amides is 2. The molecule has 0 aliphatic rings. The highest BCUT2D eigenvalue weighted by atomic mass is 16.2. The number of urea groups is 1. The molecular formula is C14H15N3O2. The van der Waals surface area contributed by atoms with Crippen molar-refractivity contribution < 1.29 is 9.59 Å². The fourth-order valence-electron chi connectivity index (χ4n) is 1.86. The fourth-order valence-corrected chi connectivity index (χ4v) is 1.86. The van der Waals surface area contributed by atoms with Gasteiger partial charge < -0.3 is 5.32 Å². The molecule has 1 heterocycles. The summed E-state index contributed by atoms with van der Waals surface area (Å²) in [6.45, 7) is 3.60. The van der Waals surface area contributed by atoms with Gasteiger partial charge in [-0.1, -0.05) is 18.2 Å². The van der Waals surface area contributed by atoms with Crippen molar-refractivity contribution in [3.8, 4) is 0 Å². The van der Waals surface area contributed by atoms with Gasteiger partial charge in [-0.15, -0.1) is 0 Å². The van der Waals surface area contributed by atoms with E-state index in [0.717, 1.165) is 12.0 Å². The molecule has 2 rings (SSSR count). The Bertz CT molecular complexity index is 603. The molecule has 0 atom stereocenters. The molecule has 0 saturated carbocycles. The van der Waals surface area contributed by atoms with Gasteiger partial charge in [0, 0.05) is 22.6 Å². The Kier molecular flexibility index (Phi) is 3.66. The van der Waals surface area contributed by atoms with Gasteiger partial charge in [-0.2, -0.15) is 0 Å². The first-order valence-electron chi connectivity index (χ1n) is 5.89. The minimum absolute atomic E-state index is 0.356. The average molecular weight is 257 g/mol. The zero-order chi connectivity index (χ0) is 13.8. The van der Waals surface area contributed by atoms with E-state index in [1.54, 1.807) is 29.8 Å². The van der Waals surface area contributed by atoms with Crippen LogP contribution in [0.25, 0.3) is 0 Å². The lowest BCUT2D eigenvalue weighted by Crippen LogP contribution is -2.29. The smallest absolute Gasteiger partial charge is 0.307 e. The summed E-state index contributed by atoms with van der Waals surface area (Å²) < 4.78 is 1.59. The molecule has 0 fully saturated rings. The van der Waals surface area contributed by atoms with Crippen LogP contribution in [0.5, 0.6) is 0 Å². The molecule has 2 aromatic rings. The maximum Gasteiger partial charge on any atom is 0.338 e. The van der Waals surface area contributed by atoms with Gasteiger partial charge >= 0.3 is 6.03 Å². The first-order chi connectivity index (χ1) is 9.11. The van der Waals surface area contributed by atoms with Crippen molar-refractivity contribution in [1.82, 2.24) is 4.68 Å². The third kappa shape index (κ3) is 2.82. The van der Waals surface area contributed by atoms with Gasteiger partial charge in [0.2, 0.25) is 0 Å². The van der Waals surface area contributed by atoms with Crippen molar-refractivity contribution in [3.05, 3.63) is 53.3 Å². The number of rotatable bonds is 3. The summed E-state index contributed by atoms with van der Waals surface area (Å²) in [4.78, 5) is 22.7. The van der Waals surface area contributed by atoms with E-state index in [2.05, 4.69) is 10.7 Å². The number of aryl methyl sites for hydroxylation is 1. The van der Waals surface area contributed by atoms with Crippen LogP contribution in [-0.4, -0.2) is 17.0 Å². The molecule has 2 amide bonds. The van der Waals surface area contributed by atoms with Crippen molar-refractivity contribution in [3.63, 3.8) is 0 Å². The standard InChI is InChI=1S/C14H15N3O2/c1-10-8-12(9-18)11(2)17(10)16-14(19)15-13-6-4-3-5-7-13/h3-9H,1-2H3,(H2,15,16,19). The second-order valence-corrected chi connectivity index (χ2v) is 4.21. The summed E-state index contributed by atoms with van der Waals surface area (Å²) in [6, 6.07) is 10.5. The highest BCUT2D eigenvalue weighted by Gasteiger charge is 2.10. The van der Waals surface area contributed by atoms with Crippen LogP contribution in [0.3, 0.4) is 0 Å². The van der Waals surface area contributed by atoms with E-state index in [-0.39, 0.29) is 6.03 Å². The quantitative estimate of drug-likeness (QED) is 0.830. The van der Waals surface area contributed by atoms with Crippen LogP contribution in [-0.2, 0) is 0 Å². The molecule has 5 nitrogen and oxygen atoms in total. The monoisotopic (exact) mass is 257 g/mol. The molecule has 0 radical (unpaired) electrons. The topological polar surface area (TPSA) is 63.1 Å². The molecule has 0 saturated heterocycles. The molecule has 0 aliphatic heterocycles. The predicted octanol–water partition coefficient (Wildman–Crippen LogP) is 2.69. The molecule has 2 N–H and O–H groups in total. The summed E-state index contributed by atoms with van der Waals surface area (Å²) in [6.07, 6.45) is 0.773. The van der Waals surface area contributed by atoms with Crippen molar-refractivity contribution in [1.29, 1.82) is 0 Å². The zero-order valence-corrected chi connectivity index (χ0v) is 10.8. The van der Waals surface area contributed by atoms with E-state index in [0.29, 0.717) is 16.9 Å². The van der Waals surface area contributed by atoms with Gasteiger partial charge in [0.05, 0.1) is 0 Å². The van der Waals surface area contributed by atoms with E-state index >= 15 is 0 Å². The van der Waals surface area contributed by atoms with Gasteiger partial charge in [-0.25, -0.2) is 10.2 Å². The van der Waals surface area contributed by atoms with Crippen LogP contribution in [0.4, 0.5) is 10.5 Å². The molecule has 1 aromatic heterocycles. The largest absolute Gasteiger partial charge is 0.338 e. The van der Waals surface area contributed by atoms with Gasteiger partial charge in [-0.05, 0) is 32.0 Å². The number of nitrogens with zero attached hydrogens (tertiary/aromatic N) is 1. The molecule has 19 heavy (non-hydrogen) atoms. The fraction of sp³-hybridized carbons (Fsp3) is 0.143. The minimum atomic E-state index is -0.356. The zero-order valence-electron chi connectivity index (χ0n) is 10.8. The molecular weight excluding hydrogens is 242 g/mol. The number of carbonyl (C=O) groups is 2. The summed E-state index contributed by atoms with van der Waals surface area (Å²) in [5.41, 5.74) is 5.46. The Morgan fingerprint density at radius 1 is 1.21 bits per heavy atom. The maximum atomic E-state index is 11.9. The maximum absolute atomic E-state index is 11.9. The third-order valence-electron chi connectivity index (χ3n) is 2.84. The Balaban J connectivity index is 2.11. The van der Waals surface area contributed by atoms with E-state index in [9.17, 15) is 9.59 Å².